The van der Waals surface area contributed by atoms with Crippen molar-refractivity contribution in [3.05, 3.63) is 0 Å². The average Bonchev–Trinajstić information content (AvgIpc) is 3.48. The molecule has 19 heteroatoms. The molecule has 3 aliphatic rings. The summed E-state index contributed by atoms with van der Waals surface area (Å²) in [6, 6.07) is 0. The molecule has 216 valence electrons. The molecule has 3 aliphatic heterocycles. The summed E-state index contributed by atoms with van der Waals surface area (Å²) in [4.78, 5) is -0.873. The molecular formula is C18H27BF9N3O6. The highest BCUT2D eigenvalue weighted by molar-refractivity contribution is 6.36. The Hall–Kier alpha value is -0.925. The molecule has 0 amide bonds. The van der Waals surface area contributed by atoms with Crippen LogP contribution in [0.2, 0.25) is 0 Å². The van der Waals surface area contributed by atoms with Crippen molar-refractivity contribution in [1.82, 2.24) is 14.7 Å². The Balaban J connectivity index is 1.83. The van der Waals surface area contributed by atoms with E-state index in [1.54, 1.807) is 0 Å². The number of likely N-dealkylation sites (tertiary alicyclic amines) is 3. The van der Waals surface area contributed by atoms with Gasteiger partial charge < -0.3 is 28.2 Å². The van der Waals surface area contributed by atoms with Gasteiger partial charge in [-0.15, -0.1) is 0 Å². The molecule has 6 atom stereocenters. The normalized spacial score (nSPS) is 33.1. The standard InChI is InChI=1S/C18H27BF9N3O6/c1-32-10-4-7-29(13(10)20)16(23,24)35-19(36-17(25,26)30-8-5-11(33-2)14(30)21)37-18(27,28)31-9-6-12(34-3)15(31)22/h10-15H,4-9H2,1-3H3/t10-,11-,12-,13+,14+,15+/m1/s1. The quantitative estimate of drug-likeness (QED) is 0.203. The topological polar surface area (TPSA) is 65.1 Å². The van der Waals surface area contributed by atoms with E-state index in [0.717, 1.165) is 21.3 Å². The summed E-state index contributed by atoms with van der Waals surface area (Å²) in [6.07, 6.45) is -27.0. The molecule has 3 rings (SSSR count). The summed E-state index contributed by atoms with van der Waals surface area (Å²) < 4.78 is 158. The number of ether oxygens (including phenoxy) is 3. The van der Waals surface area contributed by atoms with Gasteiger partial charge in [0.05, 0.1) is 0 Å². The Bertz CT molecular complexity index is 671. The third-order valence-corrected chi connectivity index (χ3v) is 6.40. The molecular weight excluding hydrogens is 536 g/mol. The fraction of sp³-hybridized carbons (Fsp3) is 1.00. The molecule has 37 heavy (non-hydrogen) atoms. The van der Waals surface area contributed by atoms with Crippen LogP contribution >= 0.6 is 0 Å². The van der Waals surface area contributed by atoms with Crippen molar-refractivity contribution in [2.75, 3.05) is 41.0 Å². The third-order valence-electron chi connectivity index (χ3n) is 6.40. The predicted octanol–water partition coefficient (Wildman–Crippen LogP) is 2.72. The van der Waals surface area contributed by atoms with E-state index in [-0.39, 0.29) is 34.0 Å². The monoisotopic (exact) mass is 563 g/mol. The van der Waals surface area contributed by atoms with Crippen molar-refractivity contribution < 1.29 is 67.7 Å². The van der Waals surface area contributed by atoms with Gasteiger partial charge in [-0.2, -0.15) is 41.0 Å². The van der Waals surface area contributed by atoms with Gasteiger partial charge in [-0.05, 0) is 19.3 Å². The molecule has 0 aliphatic carbocycles. The average molecular weight is 563 g/mol. The summed E-state index contributed by atoms with van der Waals surface area (Å²) in [5, 5.41) is 0. The SMILES string of the molecule is CO[C@@H]1CCN(C(F)(F)OB(OC(F)(F)N2CC[C@@H](OC)[C@H]2F)OC(F)(F)N2CC[C@@H](OC)[C@H]2F)[C@@H]1F. The second-order valence-electron chi connectivity index (χ2n) is 8.49. The summed E-state index contributed by atoms with van der Waals surface area (Å²) in [7, 11) is -0.549. The summed E-state index contributed by atoms with van der Waals surface area (Å²) in [5.41, 5.74) is 0. The molecule has 0 bridgehead atoms. The Labute approximate surface area is 206 Å². The molecule has 0 unspecified atom stereocenters. The van der Waals surface area contributed by atoms with Crippen LogP contribution in [0.3, 0.4) is 0 Å². The molecule has 0 saturated carbocycles. The summed E-state index contributed by atoms with van der Waals surface area (Å²) >= 11 is 0. The van der Waals surface area contributed by atoms with Gasteiger partial charge in [0, 0.05) is 41.0 Å². The lowest BCUT2D eigenvalue weighted by molar-refractivity contribution is -0.370. The van der Waals surface area contributed by atoms with E-state index < -0.39 is 82.9 Å². The Morgan fingerprint density at radius 2 is 0.784 bits per heavy atom. The maximum atomic E-state index is 14.8. The molecule has 9 nitrogen and oxygen atoms in total. The second kappa shape index (κ2) is 11.7. The van der Waals surface area contributed by atoms with Gasteiger partial charge >= 0.3 is 26.0 Å². The first-order valence-corrected chi connectivity index (χ1v) is 11.2. The first kappa shape index (κ1) is 30.6. The van der Waals surface area contributed by atoms with E-state index in [2.05, 4.69) is 28.2 Å². The summed E-state index contributed by atoms with van der Waals surface area (Å²) in [5.74, 6) is 0. The van der Waals surface area contributed by atoms with Gasteiger partial charge in [0.1, 0.15) is 18.3 Å². The van der Waals surface area contributed by atoms with Crippen LogP contribution in [-0.2, 0) is 28.2 Å². The summed E-state index contributed by atoms with van der Waals surface area (Å²) in [6.45, 7) is -2.18. The van der Waals surface area contributed by atoms with Crippen LogP contribution < -0.4 is 0 Å². The molecule has 0 radical (unpaired) electrons. The maximum absolute atomic E-state index is 14.8. The van der Waals surface area contributed by atoms with Crippen LogP contribution in [0.4, 0.5) is 39.5 Å². The minimum atomic E-state index is -4.85. The molecule has 0 N–H and O–H groups in total. The highest BCUT2D eigenvalue weighted by atomic mass is 19.3. The lowest BCUT2D eigenvalue weighted by Gasteiger charge is -2.36. The number of methoxy groups -OCH3 is 3. The molecule has 3 saturated heterocycles. The number of halogens is 9. The second-order valence-corrected chi connectivity index (χ2v) is 8.49. The Morgan fingerprint density at radius 1 is 0.541 bits per heavy atom. The van der Waals surface area contributed by atoms with E-state index in [1.807, 2.05) is 0 Å². The number of nitrogens with zero attached hydrogens (tertiary/aromatic N) is 3. The molecule has 3 fully saturated rings. The van der Waals surface area contributed by atoms with E-state index in [1.165, 1.54) is 0 Å². The number of rotatable bonds is 12. The first-order chi connectivity index (χ1) is 17.2. The fourth-order valence-electron chi connectivity index (χ4n) is 4.32. The van der Waals surface area contributed by atoms with E-state index in [4.69, 9.17) is 0 Å². The van der Waals surface area contributed by atoms with Crippen LogP contribution in [0.25, 0.3) is 0 Å². The smallest absolute Gasteiger partial charge is 0.377 e. The van der Waals surface area contributed by atoms with Crippen molar-refractivity contribution in [3.63, 3.8) is 0 Å². The van der Waals surface area contributed by atoms with Crippen LogP contribution in [0, 0.1) is 0 Å². The van der Waals surface area contributed by atoms with Gasteiger partial charge in [0.25, 0.3) is 0 Å². The van der Waals surface area contributed by atoms with E-state index in [9.17, 15) is 39.5 Å². The van der Waals surface area contributed by atoms with Crippen molar-refractivity contribution in [1.29, 1.82) is 0 Å². The van der Waals surface area contributed by atoms with Crippen LogP contribution in [0.1, 0.15) is 19.3 Å². The molecule has 0 aromatic heterocycles. The number of hydrogen-bond donors (Lipinski definition) is 0. The molecule has 0 aromatic carbocycles. The van der Waals surface area contributed by atoms with E-state index in [0.29, 0.717) is 0 Å². The zero-order chi connectivity index (χ0) is 27.8. The number of alkyl halides is 9. The van der Waals surface area contributed by atoms with Crippen LogP contribution in [0.5, 0.6) is 0 Å². The van der Waals surface area contributed by atoms with Gasteiger partial charge in [0.15, 0.2) is 18.9 Å². The van der Waals surface area contributed by atoms with Crippen molar-refractivity contribution in [2.45, 2.75) is 75.2 Å². The van der Waals surface area contributed by atoms with Gasteiger partial charge in [-0.1, -0.05) is 0 Å². The first-order valence-electron chi connectivity index (χ1n) is 11.2. The lowest BCUT2D eigenvalue weighted by atomic mass is 10.2. The van der Waals surface area contributed by atoms with Crippen LogP contribution in [0.15, 0.2) is 0 Å². The zero-order valence-corrected chi connectivity index (χ0v) is 20.0. The van der Waals surface area contributed by atoms with Crippen molar-refractivity contribution in [2.24, 2.45) is 0 Å². The fourth-order valence-corrected chi connectivity index (χ4v) is 4.32. The highest BCUT2D eigenvalue weighted by Gasteiger charge is 2.61. The Morgan fingerprint density at radius 3 is 0.973 bits per heavy atom. The molecule has 0 spiro atoms. The zero-order valence-electron chi connectivity index (χ0n) is 20.0. The minimum Gasteiger partial charge on any atom is -0.377 e. The van der Waals surface area contributed by atoms with Crippen molar-refractivity contribution in [3.8, 4) is 0 Å². The van der Waals surface area contributed by atoms with Crippen molar-refractivity contribution >= 4 is 7.32 Å². The lowest BCUT2D eigenvalue weighted by Crippen LogP contribution is -2.58. The Kier molecular flexibility index (Phi) is 9.66. The highest BCUT2D eigenvalue weighted by Crippen LogP contribution is 2.39. The van der Waals surface area contributed by atoms with Gasteiger partial charge in [0.2, 0.25) is 0 Å². The molecule has 3 heterocycles. The predicted molar refractivity (Wildman–Crippen MR) is 105 cm³/mol. The number of hydrogen-bond acceptors (Lipinski definition) is 9. The van der Waals surface area contributed by atoms with Gasteiger partial charge in [-0.3, -0.25) is 0 Å². The largest absolute Gasteiger partial charge is 0.655 e. The third kappa shape index (κ3) is 6.46. The van der Waals surface area contributed by atoms with E-state index >= 15 is 0 Å². The van der Waals surface area contributed by atoms with Gasteiger partial charge in [-0.25, -0.2) is 13.2 Å². The maximum Gasteiger partial charge on any atom is 0.655 e. The van der Waals surface area contributed by atoms with Crippen LogP contribution in [-0.4, -0.2) is 119 Å². The minimum absolute atomic E-state index is 0.277. The molecule has 0 aromatic rings.